The third-order valence-electron chi connectivity index (χ3n) is 5.30. The summed E-state index contributed by atoms with van der Waals surface area (Å²) in [5.41, 5.74) is 2.40. The summed E-state index contributed by atoms with van der Waals surface area (Å²) >= 11 is 0. The maximum Gasteiger partial charge on any atom is 0.254 e. The molecule has 1 fully saturated rings. The van der Waals surface area contributed by atoms with Gasteiger partial charge in [0.2, 0.25) is 5.75 Å². The van der Waals surface area contributed by atoms with Gasteiger partial charge in [-0.1, -0.05) is 29.8 Å². The number of methoxy groups -OCH3 is 3. The lowest BCUT2D eigenvalue weighted by Crippen LogP contribution is -2.40. The minimum absolute atomic E-state index is 0.0327. The van der Waals surface area contributed by atoms with Crippen LogP contribution in [0.4, 0.5) is 0 Å². The van der Waals surface area contributed by atoms with E-state index in [2.05, 4.69) is 0 Å². The standard InChI is InChI=1S/C22H27NO6S/c1-15-5-7-16(8-6-15)13-23(18-9-10-30(25,26)14-18)22(24)17-11-19(27-2)21(29-4)20(12-17)28-3/h5-8,11-12,18H,9-10,13-14H2,1-4H3. The average molecular weight is 434 g/mol. The van der Waals surface area contributed by atoms with Gasteiger partial charge in [0.15, 0.2) is 21.3 Å². The van der Waals surface area contributed by atoms with E-state index < -0.39 is 9.84 Å². The molecule has 1 amide bonds. The van der Waals surface area contributed by atoms with Gasteiger partial charge < -0.3 is 19.1 Å². The predicted molar refractivity (Wildman–Crippen MR) is 114 cm³/mol. The van der Waals surface area contributed by atoms with E-state index in [1.54, 1.807) is 17.0 Å². The molecule has 0 N–H and O–H groups in total. The molecule has 7 nitrogen and oxygen atoms in total. The van der Waals surface area contributed by atoms with Gasteiger partial charge in [-0.15, -0.1) is 0 Å². The first-order chi connectivity index (χ1) is 14.3. The van der Waals surface area contributed by atoms with Crippen molar-refractivity contribution in [3.63, 3.8) is 0 Å². The molecule has 30 heavy (non-hydrogen) atoms. The molecule has 1 unspecified atom stereocenters. The first-order valence-electron chi connectivity index (χ1n) is 9.65. The number of carbonyl (C=O) groups is 1. The number of nitrogens with zero attached hydrogens (tertiary/aromatic N) is 1. The molecule has 3 rings (SSSR count). The fraction of sp³-hybridized carbons (Fsp3) is 0.409. The van der Waals surface area contributed by atoms with Crippen molar-refractivity contribution in [3.05, 3.63) is 53.1 Å². The zero-order valence-electron chi connectivity index (χ0n) is 17.7. The fourth-order valence-corrected chi connectivity index (χ4v) is 5.38. The lowest BCUT2D eigenvalue weighted by atomic mass is 10.1. The van der Waals surface area contributed by atoms with Crippen molar-refractivity contribution in [1.29, 1.82) is 0 Å². The Morgan fingerprint density at radius 3 is 2.10 bits per heavy atom. The van der Waals surface area contributed by atoms with Crippen LogP contribution < -0.4 is 14.2 Å². The minimum Gasteiger partial charge on any atom is -0.493 e. The second kappa shape index (κ2) is 8.95. The summed E-state index contributed by atoms with van der Waals surface area (Å²) in [6.45, 7) is 2.31. The molecule has 0 saturated carbocycles. The van der Waals surface area contributed by atoms with Crippen molar-refractivity contribution in [2.45, 2.75) is 25.9 Å². The summed E-state index contributed by atoms with van der Waals surface area (Å²) in [5.74, 6) is 0.908. The van der Waals surface area contributed by atoms with Crippen LogP contribution in [0.25, 0.3) is 0 Å². The van der Waals surface area contributed by atoms with Crippen LogP contribution in [0.5, 0.6) is 17.2 Å². The second-order valence-corrected chi connectivity index (χ2v) is 9.62. The number of sulfone groups is 1. The summed E-state index contributed by atoms with van der Waals surface area (Å²) in [6, 6.07) is 10.7. The Bertz CT molecular complexity index is 991. The van der Waals surface area contributed by atoms with E-state index in [9.17, 15) is 13.2 Å². The average Bonchev–Trinajstić information content (AvgIpc) is 3.10. The third-order valence-corrected chi connectivity index (χ3v) is 7.05. The summed E-state index contributed by atoms with van der Waals surface area (Å²) in [4.78, 5) is 15.2. The number of hydrogen-bond acceptors (Lipinski definition) is 6. The highest BCUT2D eigenvalue weighted by atomic mass is 32.2. The Hall–Kier alpha value is -2.74. The highest BCUT2D eigenvalue weighted by Crippen LogP contribution is 2.39. The molecule has 0 spiro atoms. The van der Waals surface area contributed by atoms with Gasteiger partial charge in [0.05, 0.1) is 32.8 Å². The molecule has 1 heterocycles. The monoisotopic (exact) mass is 433 g/mol. The van der Waals surface area contributed by atoms with Crippen molar-refractivity contribution < 1.29 is 27.4 Å². The predicted octanol–water partition coefficient (Wildman–Crippen LogP) is 2.85. The van der Waals surface area contributed by atoms with Crippen LogP contribution in [0.15, 0.2) is 36.4 Å². The van der Waals surface area contributed by atoms with Crippen LogP contribution in [-0.2, 0) is 16.4 Å². The Kier molecular flexibility index (Phi) is 6.55. The number of hydrogen-bond donors (Lipinski definition) is 0. The number of aryl methyl sites for hydroxylation is 1. The van der Waals surface area contributed by atoms with Gasteiger partial charge in [0, 0.05) is 18.2 Å². The quantitative estimate of drug-likeness (QED) is 0.668. The zero-order valence-corrected chi connectivity index (χ0v) is 18.5. The molecule has 1 saturated heterocycles. The molecule has 0 aliphatic carbocycles. The van der Waals surface area contributed by atoms with Gasteiger partial charge in [-0.3, -0.25) is 4.79 Å². The number of ether oxygens (including phenoxy) is 3. The largest absolute Gasteiger partial charge is 0.493 e. The molecule has 162 valence electrons. The normalized spacial score (nSPS) is 17.4. The Labute approximate surface area is 177 Å². The maximum atomic E-state index is 13.5. The van der Waals surface area contributed by atoms with Gasteiger partial charge in [0.25, 0.3) is 5.91 Å². The summed E-state index contributed by atoms with van der Waals surface area (Å²) in [7, 11) is 1.31. The SMILES string of the molecule is COc1cc(C(=O)N(Cc2ccc(C)cc2)C2CCS(=O)(=O)C2)cc(OC)c1OC. The molecule has 0 aromatic heterocycles. The highest BCUT2D eigenvalue weighted by Gasteiger charge is 2.35. The summed E-state index contributed by atoms with van der Waals surface area (Å²) < 4.78 is 40.3. The van der Waals surface area contributed by atoms with Crippen LogP contribution in [-0.4, -0.2) is 58.1 Å². The van der Waals surface area contributed by atoms with Crippen LogP contribution in [0.1, 0.15) is 27.9 Å². The van der Waals surface area contributed by atoms with Gasteiger partial charge in [-0.25, -0.2) is 8.42 Å². The Morgan fingerprint density at radius 2 is 1.63 bits per heavy atom. The number of benzene rings is 2. The van der Waals surface area contributed by atoms with E-state index in [0.717, 1.165) is 11.1 Å². The topological polar surface area (TPSA) is 82.1 Å². The molecule has 0 radical (unpaired) electrons. The van der Waals surface area contributed by atoms with Crippen molar-refractivity contribution >= 4 is 15.7 Å². The Morgan fingerprint density at radius 1 is 1.03 bits per heavy atom. The maximum absolute atomic E-state index is 13.5. The first kappa shape index (κ1) is 22.0. The van der Waals surface area contributed by atoms with Crippen molar-refractivity contribution in [3.8, 4) is 17.2 Å². The molecule has 2 aromatic rings. The number of carbonyl (C=O) groups excluding carboxylic acids is 1. The van der Waals surface area contributed by atoms with E-state index in [0.29, 0.717) is 35.8 Å². The van der Waals surface area contributed by atoms with Crippen LogP contribution in [0, 0.1) is 6.92 Å². The first-order valence-corrected chi connectivity index (χ1v) is 11.5. The molecule has 2 aromatic carbocycles. The Balaban J connectivity index is 2.00. The van der Waals surface area contributed by atoms with Gasteiger partial charge in [-0.2, -0.15) is 0 Å². The van der Waals surface area contributed by atoms with Gasteiger partial charge in [0.1, 0.15) is 0 Å². The molecule has 1 aliphatic heterocycles. The van der Waals surface area contributed by atoms with E-state index in [4.69, 9.17) is 14.2 Å². The highest BCUT2D eigenvalue weighted by molar-refractivity contribution is 7.91. The summed E-state index contributed by atoms with van der Waals surface area (Å²) in [5, 5.41) is 0. The van der Waals surface area contributed by atoms with E-state index in [1.807, 2.05) is 31.2 Å². The lowest BCUT2D eigenvalue weighted by molar-refractivity contribution is 0.0680. The van der Waals surface area contributed by atoms with Crippen LogP contribution in [0.3, 0.4) is 0 Å². The van der Waals surface area contributed by atoms with Crippen LogP contribution in [0.2, 0.25) is 0 Å². The van der Waals surface area contributed by atoms with Crippen LogP contribution >= 0.6 is 0 Å². The minimum atomic E-state index is -3.15. The summed E-state index contributed by atoms with van der Waals surface area (Å²) in [6.07, 6.45) is 0.421. The fourth-order valence-electron chi connectivity index (χ4n) is 3.65. The molecular formula is C22H27NO6S. The van der Waals surface area contributed by atoms with Gasteiger partial charge in [-0.05, 0) is 31.0 Å². The molecule has 1 aliphatic rings. The van der Waals surface area contributed by atoms with E-state index in [-0.39, 0.29) is 23.5 Å². The molecular weight excluding hydrogens is 406 g/mol. The lowest BCUT2D eigenvalue weighted by Gasteiger charge is -2.29. The van der Waals surface area contributed by atoms with Crippen molar-refractivity contribution in [2.75, 3.05) is 32.8 Å². The van der Waals surface area contributed by atoms with E-state index >= 15 is 0 Å². The molecule has 1 atom stereocenters. The van der Waals surface area contributed by atoms with E-state index in [1.165, 1.54) is 21.3 Å². The van der Waals surface area contributed by atoms with Crippen molar-refractivity contribution in [1.82, 2.24) is 4.90 Å². The smallest absolute Gasteiger partial charge is 0.254 e. The molecule has 0 bridgehead atoms. The second-order valence-electron chi connectivity index (χ2n) is 7.39. The molecule has 8 heteroatoms. The zero-order chi connectivity index (χ0) is 21.9. The number of amides is 1. The van der Waals surface area contributed by atoms with Crippen molar-refractivity contribution in [2.24, 2.45) is 0 Å². The number of rotatable bonds is 7. The van der Waals surface area contributed by atoms with Gasteiger partial charge >= 0.3 is 0 Å². The third kappa shape index (κ3) is 4.70.